The van der Waals surface area contributed by atoms with E-state index in [0.29, 0.717) is 30.4 Å². The van der Waals surface area contributed by atoms with Crippen LogP contribution in [0.4, 0.5) is 0 Å². The highest BCUT2D eigenvalue weighted by Crippen LogP contribution is 2.39. The molecule has 6 nitrogen and oxygen atoms in total. The van der Waals surface area contributed by atoms with Crippen molar-refractivity contribution in [3.8, 4) is 17.2 Å². The van der Waals surface area contributed by atoms with E-state index in [9.17, 15) is 4.79 Å². The number of hydrogen-bond donors (Lipinski definition) is 0. The van der Waals surface area contributed by atoms with Crippen molar-refractivity contribution in [1.82, 2.24) is 4.42 Å². The normalized spacial score (nSPS) is 11.8. The van der Waals surface area contributed by atoms with Crippen LogP contribution in [-0.2, 0) is 16.1 Å². The van der Waals surface area contributed by atoms with E-state index in [2.05, 4.69) is 0 Å². The number of methoxy groups -OCH3 is 3. The molecule has 0 radical (unpaired) electrons. The predicted octanol–water partition coefficient (Wildman–Crippen LogP) is 4.36. The van der Waals surface area contributed by atoms with E-state index in [1.165, 1.54) is 0 Å². The lowest BCUT2D eigenvalue weighted by Crippen LogP contribution is -2.23. The minimum absolute atomic E-state index is 0.145. The minimum Gasteiger partial charge on any atom is -0.493 e. The Morgan fingerprint density at radius 1 is 1.04 bits per heavy atom. The molecule has 2 aromatic rings. The van der Waals surface area contributed by atoms with Crippen molar-refractivity contribution in [2.24, 2.45) is 0 Å². The molecule has 0 saturated carbocycles. The maximum atomic E-state index is 12.1. The Morgan fingerprint density at radius 2 is 1.64 bits per heavy atom. The van der Waals surface area contributed by atoms with Crippen molar-refractivity contribution in [3.05, 3.63) is 53.6 Å². The Morgan fingerprint density at radius 3 is 2.14 bits per heavy atom. The summed E-state index contributed by atoms with van der Waals surface area (Å²) in [5, 5.41) is 0. The van der Waals surface area contributed by atoms with E-state index in [-0.39, 0.29) is 18.4 Å². The third-order valence-corrected chi connectivity index (χ3v) is 4.60. The molecule has 28 heavy (non-hydrogen) atoms. The van der Waals surface area contributed by atoms with Crippen LogP contribution >= 0.6 is 11.8 Å². The van der Waals surface area contributed by atoms with Crippen LogP contribution in [0.3, 0.4) is 0 Å². The molecule has 1 atom stereocenters. The van der Waals surface area contributed by atoms with Crippen LogP contribution in [0.1, 0.15) is 30.5 Å². The number of rotatable bonds is 10. The summed E-state index contributed by atoms with van der Waals surface area (Å²) in [5.74, 6) is 1.31. The Hall–Kier alpha value is -2.44. The lowest BCUT2D eigenvalue weighted by atomic mass is 10.0. The van der Waals surface area contributed by atoms with Crippen LogP contribution in [0.25, 0.3) is 0 Å². The summed E-state index contributed by atoms with van der Waals surface area (Å²) in [4.78, 5) is 12.1. The number of carbonyl (C=O) groups excluding carboxylic acids is 1. The molecular weight excluding hydrogens is 382 g/mol. The van der Waals surface area contributed by atoms with Gasteiger partial charge in [0, 0.05) is 6.54 Å². The zero-order chi connectivity index (χ0) is 20.5. The lowest BCUT2D eigenvalue weighted by molar-refractivity contribution is -0.144. The third-order valence-electron chi connectivity index (χ3n) is 4.25. The fourth-order valence-corrected chi connectivity index (χ4v) is 3.26. The van der Waals surface area contributed by atoms with Gasteiger partial charge >= 0.3 is 5.97 Å². The van der Waals surface area contributed by atoms with Gasteiger partial charge in [-0.1, -0.05) is 30.3 Å². The first-order chi connectivity index (χ1) is 13.5. The summed E-state index contributed by atoms with van der Waals surface area (Å²) in [6.07, 6.45) is 0.145. The van der Waals surface area contributed by atoms with Gasteiger partial charge in [0.25, 0.3) is 0 Å². The molecule has 2 aromatic carbocycles. The molecule has 0 aliphatic heterocycles. The summed E-state index contributed by atoms with van der Waals surface area (Å²) in [7, 11) is 4.68. The highest BCUT2D eigenvalue weighted by atomic mass is 35.5. The first kappa shape index (κ1) is 21.9. The SMILES string of the molecule is CCOC(=O)C[C@@H](c1ccccc1)N(Cl)Cc1cc(OC)c(OC)c(OC)c1. The first-order valence-electron chi connectivity index (χ1n) is 8.95. The van der Waals surface area contributed by atoms with Gasteiger partial charge in [-0.3, -0.25) is 4.79 Å². The fourth-order valence-electron chi connectivity index (χ4n) is 2.94. The molecule has 0 amide bonds. The van der Waals surface area contributed by atoms with E-state index < -0.39 is 0 Å². The molecule has 0 aliphatic carbocycles. The number of carbonyl (C=O) groups is 1. The topological polar surface area (TPSA) is 57.2 Å². The number of esters is 1. The van der Waals surface area contributed by atoms with Crippen LogP contribution in [0.2, 0.25) is 0 Å². The predicted molar refractivity (Wildman–Crippen MR) is 108 cm³/mol. The van der Waals surface area contributed by atoms with Crippen LogP contribution in [0.5, 0.6) is 17.2 Å². The van der Waals surface area contributed by atoms with Gasteiger partial charge in [-0.05, 0) is 42.0 Å². The maximum Gasteiger partial charge on any atom is 0.307 e. The zero-order valence-electron chi connectivity index (χ0n) is 16.6. The monoisotopic (exact) mass is 407 g/mol. The van der Waals surface area contributed by atoms with Gasteiger partial charge in [0.05, 0.1) is 40.4 Å². The van der Waals surface area contributed by atoms with Crippen molar-refractivity contribution in [1.29, 1.82) is 0 Å². The molecule has 0 aliphatic rings. The van der Waals surface area contributed by atoms with Crippen molar-refractivity contribution in [2.75, 3.05) is 27.9 Å². The standard InChI is InChI=1S/C21H26ClNO5/c1-5-28-20(24)13-17(16-9-7-6-8-10-16)23(22)14-15-11-18(25-2)21(27-4)19(12-15)26-3/h6-12,17H,5,13-14H2,1-4H3/t17-/m0/s1. The van der Waals surface area contributed by atoms with Gasteiger partial charge in [-0.25, -0.2) is 4.42 Å². The van der Waals surface area contributed by atoms with Gasteiger partial charge in [0.2, 0.25) is 5.75 Å². The molecule has 0 unspecified atom stereocenters. The molecule has 2 rings (SSSR count). The van der Waals surface area contributed by atoms with Gasteiger partial charge in [-0.2, -0.15) is 0 Å². The van der Waals surface area contributed by atoms with Crippen molar-refractivity contribution < 1.29 is 23.7 Å². The number of halogens is 1. The zero-order valence-corrected chi connectivity index (χ0v) is 17.4. The van der Waals surface area contributed by atoms with Gasteiger partial charge in [0.15, 0.2) is 11.5 Å². The smallest absolute Gasteiger partial charge is 0.307 e. The van der Waals surface area contributed by atoms with Crippen LogP contribution < -0.4 is 14.2 Å². The summed E-state index contributed by atoms with van der Waals surface area (Å²) >= 11 is 6.64. The number of benzene rings is 2. The average molecular weight is 408 g/mol. The molecule has 0 heterocycles. The third kappa shape index (κ3) is 5.53. The fraction of sp³-hybridized carbons (Fsp3) is 0.381. The Labute approximate surface area is 171 Å². The van der Waals surface area contributed by atoms with E-state index in [4.69, 9.17) is 30.7 Å². The molecule has 0 fully saturated rings. The summed E-state index contributed by atoms with van der Waals surface area (Å²) in [6, 6.07) is 13.0. The minimum atomic E-state index is -0.346. The molecule has 0 aromatic heterocycles. The Bertz CT molecular complexity index is 744. The average Bonchev–Trinajstić information content (AvgIpc) is 2.71. The summed E-state index contributed by atoms with van der Waals surface area (Å²) in [5.41, 5.74) is 1.78. The van der Waals surface area contributed by atoms with Crippen molar-refractivity contribution in [3.63, 3.8) is 0 Å². The lowest BCUT2D eigenvalue weighted by Gasteiger charge is -2.26. The Kier molecular flexibility index (Phi) is 8.42. The molecule has 7 heteroatoms. The molecule has 0 spiro atoms. The molecule has 152 valence electrons. The first-order valence-corrected chi connectivity index (χ1v) is 9.29. The van der Waals surface area contributed by atoms with Crippen LogP contribution in [0, 0.1) is 0 Å². The maximum absolute atomic E-state index is 12.1. The van der Waals surface area contributed by atoms with E-state index in [1.54, 1.807) is 32.7 Å². The number of ether oxygens (including phenoxy) is 4. The number of nitrogens with zero attached hydrogens (tertiary/aromatic N) is 1. The second kappa shape index (κ2) is 10.8. The van der Waals surface area contributed by atoms with Gasteiger partial charge in [-0.15, -0.1) is 0 Å². The Balaban J connectivity index is 2.30. The highest BCUT2D eigenvalue weighted by Gasteiger charge is 2.24. The van der Waals surface area contributed by atoms with E-state index >= 15 is 0 Å². The second-order valence-corrected chi connectivity index (χ2v) is 6.46. The van der Waals surface area contributed by atoms with E-state index in [0.717, 1.165) is 11.1 Å². The van der Waals surface area contributed by atoms with Gasteiger partial charge in [0.1, 0.15) is 0 Å². The van der Waals surface area contributed by atoms with Crippen LogP contribution in [0.15, 0.2) is 42.5 Å². The quantitative estimate of drug-likeness (QED) is 0.430. The van der Waals surface area contributed by atoms with Crippen LogP contribution in [-0.4, -0.2) is 38.3 Å². The van der Waals surface area contributed by atoms with Crippen molar-refractivity contribution in [2.45, 2.75) is 25.9 Å². The largest absolute Gasteiger partial charge is 0.493 e. The van der Waals surface area contributed by atoms with Crippen molar-refractivity contribution >= 4 is 17.7 Å². The molecule has 0 bridgehead atoms. The van der Waals surface area contributed by atoms with E-state index in [1.807, 2.05) is 42.5 Å². The number of hydrogen-bond acceptors (Lipinski definition) is 6. The molecule has 0 saturated heterocycles. The molecular formula is C21H26ClNO5. The summed E-state index contributed by atoms with van der Waals surface area (Å²) < 4.78 is 22.9. The van der Waals surface area contributed by atoms with Gasteiger partial charge < -0.3 is 18.9 Å². The molecule has 0 N–H and O–H groups in total. The highest BCUT2D eigenvalue weighted by molar-refractivity contribution is 6.13. The summed E-state index contributed by atoms with van der Waals surface area (Å²) in [6.45, 7) is 2.47. The second-order valence-electron chi connectivity index (χ2n) is 6.03.